The summed E-state index contributed by atoms with van der Waals surface area (Å²) in [5.41, 5.74) is -0.424. The van der Waals surface area contributed by atoms with Crippen LogP contribution in [0, 0.1) is 0 Å². The predicted octanol–water partition coefficient (Wildman–Crippen LogP) is 7.91. The van der Waals surface area contributed by atoms with Crippen LogP contribution in [0.15, 0.2) is 108 Å². The SMILES string of the molecule is O=C(NC1CCCC1)[C@H](Cc1ccccc1)N(Cc1c(Cl)cccc1Cl)C(=O)CN(c1cccc(C(F)(F)F)c1)S(=O)(=O)c1ccccc1. The molecule has 1 aliphatic carbocycles. The minimum atomic E-state index is -4.78. The zero-order chi connectivity index (χ0) is 35.2. The van der Waals surface area contributed by atoms with Crippen molar-refractivity contribution in [3.05, 3.63) is 130 Å². The number of benzene rings is 4. The average molecular weight is 733 g/mol. The first kappa shape index (κ1) is 36.2. The topological polar surface area (TPSA) is 86.8 Å². The summed E-state index contributed by atoms with van der Waals surface area (Å²) in [7, 11) is -4.59. The van der Waals surface area contributed by atoms with Crippen LogP contribution in [0.3, 0.4) is 0 Å². The fourth-order valence-electron chi connectivity index (χ4n) is 5.86. The maximum atomic E-state index is 14.6. The number of alkyl halides is 3. The third kappa shape index (κ3) is 8.95. The number of carbonyl (C=O) groups is 2. The number of hydrogen-bond acceptors (Lipinski definition) is 4. The zero-order valence-corrected chi connectivity index (χ0v) is 28.6. The Morgan fingerprint density at radius 3 is 2.04 bits per heavy atom. The molecule has 5 rings (SSSR count). The summed E-state index contributed by atoms with van der Waals surface area (Å²) in [4.78, 5) is 29.7. The van der Waals surface area contributed by atoms with Crippen LogP contribution in [-0.2, 0) is 38.8 Å². The Hall–Kier alpha value is -4.06. The van der Waals surface area contributed by atoms with E-state index in [4.69, 9.17) is 23.2 Å². The van der Waals surface area contributed by atoms with E-state index in [-0.39, 0.29) is 39.6 Å². The van der Waals surface area contributed by atoms with Crippen LogP contribution in [0.4, 0.5) is 18.9 Å². The fraction of sp³-hybridized carbons (Fsp3) is 0.278. The van der Waals surface area contributed by atoms with Gasteiger partial charge in [0, 0.05) is 34.6 Å². The molecule has 0 saturated heterocycles. The predicted molar refractivity (Wildman–Crippen MR) is 184 cm³/mol. The van der Waals surface area contributed by atoms with Crippen molar-refractivity contribution in [3.8, 4) is 0 Å². The first-order valence-corrected chi connectivity index (χ1v) is 17.9. The van der Waals surface area contributed by atoms with Crippen molar-refractivity contribution >= 4 is 50.7 Å². The summed E-state index contributed by atoms with van der Waals surface area (Å²) < 4.78 is 70.3. The van der Waals surface area contributed by atoms with Gasteiger partial charge in [0.2, 0.25) is 11.8 Å². The van der Waals surface area contributed by atoms with Gasteiger partial charge in [0.1, 0.15) is 12.6 Å². The highest BCUT2D eigenvalue weighted by Crippen LogP contribution is 2.34. The van der Waals surface area contributed by atoms with Crippen LogP contribution in [-0.4, -0.2) is 43.8 Å². The van der Waals surface area contributed by atoms with Crippen molar-refractivity contribution in [3.63, 3.8) is 0 Å². The Morgan fingerprint density at radius 2 is 1.43 bits per heavy atom. The Balaban J connectivity index is 1.62. The van der Waals surface area contributed by atoms with Crippen molar-refractivity contribution in [2.24, 2.45) is 0 Å². The summed E-state index contributed by atoms with van der Waals surface area (Å²) >= 11 is 13.1. The highest BCUT2D eigenvalue weighted by Gasteiger charge is 2.37. The molecule has 1 N–H and O–H groups in total. The van der Waals surface area contributed by atoms with E-state index in [1.807, 2.05) is 6.07 Å². The van der Waals surface area contributed by atoms with Gasteiger partial charge < -0.3 is 10.2 Å². The quantitative estimate of drug-likeness (QED) is 0.161. The third-order valence-corrected chi connectivity index (χ3v) is 10.9. The Labute approximate surface area is 293 Å². The molecule has 49 heavy (non-hydrogen) atoms. The van der Waals surface area contributed by atoms with Gasteiger partial charge in [-0.1, -0.05) is 96.7 Å². The lowest BCUT2D eigenvalue weighted by Crippen LogP contribution is -2.54. The van der Waals surface area contributed by atoms with Gasteiger partial charge in [-0.3, -0.25) is 13.9 Å². The average Bonchev–Trinajstić information content (AvgIpc) is 3.60. The molecule has 1 fully saturated rings. The molecular formula is C36H34Cl2F3N3O4S. The first-order chi connectivity index (χ1) is 23.3. The minimum Gasteiger partial charge on any atom is -0.352 e. The molecule has 0 heterocycles. The normalized spacial score (nSPS) is 14.3. The van der Waals surface area contributed by atoms with Crippen molar-refractivity contribution in [2.45, 2.75) is 61.8 Å². The van der Waals surface area contributed by atoms with Crippen LogP contribution < -0.4 is 9.62 Å². The molecule has 7 nitrogen and oxygen atoms in total. The molecule has 4 aromatic carbocycles. The van der Waals surface area contributed by atoms with E-state index in [0.29, 0.717) is 15.9 Å². The van der Waals surface area contributed by atoms with Crippen molar-refractivity contribution in [2.75, 3.05) is 10.8 Å². The van der Waals surface area contributed by atoms with Crippen LogP contribution in [0.1, 0.15) is 42.4 Å². The van der Waals surface area contributed by atoms with Gasteiger partial charge in [-0.05, 0) is 60.9 Å². The molecule has 1 saturated carbocycles. The number of hydrogen-bond donors (Lipinski definition) is 1. The van der Waals surface area contributed by atoms with Gasteiger partial charge in [-0.25, -0.2) is 8.42 Å². The Kier molecular flexibility index (Phi) is 11.6. The van der Waals surface area contributed by atoms with E-state index in [2.05, 4.69) is 5.32 Å². The Morgan fingerprint density at radius 1 is 0.837 bits per heavy atom. The maximum Gasteiger partial charge on any atom is 0.416 e. The largest absolute Gasteiger partial charge is 0.416 e. The molecule has 1 aliphatic rings. The summed E-state index contributed by atoms with van der Waals surface area (Å²) in [5, 5.41) is 3.49. The number of sulfonamides is 1. The molecule has 0 aliphatic heterocycles. The maximum absolute atomic E-state index is 14.6. The molecule has 0 bridgehead atoms. The van der Waals surface area contributed by atoms with Gasteiger partial charge in [-0.15, -0.1) is 0 Å². The molecule has 13 heteroatoms. The second-order valence-corrected chi connectivity index (χ2v) is 14.5. The van der Waals surface area contributed by atoms with Gasteiger partial charge in [0.05, 0.1) is 16.1 Å². The summed E-state index contributed by atoms with van der Waals surface area (Å²) in [6.07, 6.45) is -1.30. The number of rotatable bonds is 12. The van der Waals surface area contributed by atoms with Gasteiger partial charge in [-0.2, -0.15) is 13.2 Å². The van der Waals surface area contributed by atoms with Crippen molar-refractivity contribution in [1.29, 1.82) is 0 Å². The van der Waals surface area contributed by atoms with Crippen LogP contribution >= 0.6 is 23.2 Å². The van der Waals surface area contributed by atoms with Gasteiger partial charge >= 0.3 is 6.18 Å². The molecular weight excluding hydrogens is 698 g/mol. The second-order valence-electron chi connectivity index (χ2n) is 11.8. The van der Waals surface area contributed by atoms with Crippen LogP contribution in [0.25, 0.3) is 0 Å². The molecule has 0 spiro atoms. The number of anilines is 1. The van der Waals surface area contributed by atoms with Gasteiger partial charge in [0.25, 0.3) is 10.0 Å². The molecule has 0 radical (unpaired) electrons. The molecule has 0 aromatic heterocycles. The molecule has 2 amide bonds. The van der Waals surface area contributed by atoms with E-state index in [1.165, 1.54) is 35.2 Å². The Bertz CT molecular complexity index is 1850. The standard InChI is InChI=1S/C36H34Cl2F3N3O4S/c37-31-19-10-20-32(38)30(31)23-43(33(21-25-11-3-1-4-12-25)35(46)42-27-14-7-8-15-27)34(45)24-44(49(47,48)29-17-5-2-6-18-29)28-16-9-13-26(22-28)36(39,40)41/h1-6,9-13,16-20,22,27,33H,7-8,14-15,21,23-24H2,(H,42,46)/t33-/m0/s1. The lowest BCUT2D eigenvalue weighted by molar-refractivity contribution is -0.140. The molecule has 4 aromatic rings. The molecule has 258 valence electrons. The van der Waals surface area contributed by atoms with E-state index in [1.54, 1.807) is 48.5 Å². The highest BCUT2D eigenvalue weighted by molar-refractivity contribution is 7.92. The van der Waals surface area contributed by atoms with E-state index in [9.17, 15) is 31.2 Å². The number of carbonyl (C=O) groups excluding carboxylic acids is 2. The van der Waals surface area contributed by atoms with Gasteiger partial charge in [0.15, 0.2) is 0 Å². The minimum absolute atomic E-state index is 0.0577. The number of nitrogens with one attached hydrogen (secondary N) is 1. The van der Waals surface area contributed by atoms with E-state index >= 15 is 0 Å². The highest BCUT2D eigenvalue weighted by atomic mass is 35.5. The lowest BCUT2D eigenvalue weighted by atomic mass is 10.0. The first-order valence-electron chi connectivity index (χ1n) is 15.7. The third-order valence-electron chi connectivity index (χ3n) is 8.43. The lowest BCUT2D eigenvalue weighted by Gasteiger charge is -2.34. The summed E-state index contributed by atoms with van der Waals surface area (Å²) in [6.45, 7) is -1.21. The van der Waals surface area contributed by atoms with Crippen molar-refractivity contribution in [1.82, 2.24) is 10.2 Å². The summed E-state index contributed by atoms with van der Waals surface area (Å²) in [5.74, 6) is -1.31. The zero-order valence-electron chi connectivity index (χ0n) is 26.2. The fourth-order valence-corrected chi connectivity index (χ4v) is 7.81. The summed E-state index contributed by atoms with van der Waals surface area (Å²) in [6, 6.07) is 23.3. The number of halogens is 5. The smallest absolute Gasteiger partial charge is 0.352 e. The van der Waals surface area contributed by atoms with Crippen LogP contribution in [0.2, 0.25) is 10.0 Å². The van der Waals surface area contributed by atoms with Crippen LogP contribution in [0.5, 0.6) is 0 Å². The number of amides is 2. The molecule has 1 atom stereocenters. The number of nitrogens with zero attached hydrogens (tertiary/aromatic N) is 2. The van der Waals surface area contributed by atoms with Crippen molar-refractivity contribution < 1.29 is 31.2 Å². The molecule has 0 unspecified atom stereocenters. The van der Waals surface area contributed by atoms with E-state index < -0.39 is 46.2 Å². The van der Waals surface area contributed by atoms with E-state index in [0.717, 1.165) is 43.4 Å². The second kappa shape index (κ2) is 15.7. The monoisotopic (exact) mass is 731 g/mol.